The van der Waals surface area contributed by atoms with E-state index in [1.54, 1.807) is 0 Å². The first-order valence-electron chi connectivity index (χ1n) is 6.57. The molecule has 1 saturated heterocycles. The van der Waals surface area contributed by atoms with Crippen LogP contribution >= 0.6 is 0 Å². The lowest BCUT2D eigenvalue weighted by Crippen LogP contribution is -2.49. The molecule has 0 radical (unpaired) electrons. The van der Waals surface area contributed by atoms with Crippen LogP contribution < -0.4 is 4.90 Å². The molecule has 1 aromatic rings. The number of nitrogens with zero attached hydrogens (tertiary/aromatic N) is 3. The summed E-state index contributed by atoms with van der Waals surface area (Å²) in [6, 6.07) is 8.97. The first-order valence-corrected chi connectivity index (χ1v) is 6.57. The van der Waals surface area contributed by atoms with Gasteiger partial charge >= 0.3 is 0 Å². The Morgan fingerprint density at radius 2 is 1.83 bits per heavy atom. The predicted octanol–water partition coefficient (Wildman–Crippen LogP) is 2.34. The second-order valence-electron chi connectivity index (χ2n) is 5.12. The van der Waals surface area contributed by atoms with Gasteiger partial charge in [0.1, 0.15) is 0 Å². The molecule has 0 aliphatic carbocycles. The molecule has 0 aromatic heterocycles. The molecule has 1 unspecified atom stereocenters. The number of hydrogen-bond acceptors (Lipinski definition) is 3. The topological polar surface area (TPSA) is 30.3 Å². The molecule has 2 rings (SSSR count). The lowest BCUT2D eigenvalue weighted by molar-refractivity contribution is 0.231. The fraction of sp³-hybridized carbons (Fsp3) is 0.533. The van der Waals surface area contributed by atoms with Crippen LogP contribution in [0, 0.1) is 25.2 Å². The highest BCUT2D eigenvalue weighted by molar-refractivity contribution is 5.54. The monoisotopic (exact) mass is 243 g/mol. The van der Waals surface area contributed by atoms with Crippen LogP contribution in [-0.2, 0) is 0 Å². The Morgan fingerprint density at radius 3 is 2.39 bits per heavy atom. The molecular weight excluding hydrogens is 222 g/mol. The minimum Gasteiger partial charge on any atom is -0.369 e. The molecule has 1 aliphatic heterocycles. The van der Waals surface area contributed by atoms with E-state index in [1.165, 1.54) is 16.8 Å². The molecular formula is C15H21N3. The summed E-state index contributed by atoms with van der Waals surface area (Å²) in [7, 11) is 0. The van der Waals surface area contributed by atoms with Crippen LogP contribution in [-0.4, -0.2) is 37.1 Å². The number of hydrogen-bond donors (Lipinski definition) is 0. The maximum absolute atomic E-state index is 8.94. The highest BCUT2D eigenvalue weighted by atomic mass is 15.3. The highest BCUT2D eigenvalue weighted by Gasteiger charge is 2.21. The predicted molar refractivity (Wildman–Crippen MR) is 74.8 cm³/mol. The number of piperazine rings is 1. The molecule has 1 atom stereocenters. The van der Waals surface area contributed by atoms with Crippen LogP contribution in [0.4, 0.5) is 5.69 Å². The van der Waals surface area contributed by atoms with Crippen LogP contribution in [0.15, 0.2) is 18.2 Å². The second kappa shape index (κ2) is 5.41. The zero-order valence-electron chi connectivity index (χ0n) is 11.5. The summed E-state index contributed by atoms with van der Waals surface area (Å²) in [6.45, 7) is 10.2. The van der Waals surface area contributed by atoms with Crippen LogP contribution in [0.5, 0.6) is 0 Å². The third-order valence-electron chi connectivity index (χ3n) is 3.74. The minimum absolute atomic E-state index is 0.0336. The molecule has 1 heterocycles. The molecule has 0 amide bonds. The van der Waals surface area contributed by atoms with E-state index < -0.39 is 0 Å². The Morgan fingerprint density at radius 1 is 1.17 bits per heavy atom. The Kier molecular flexibility index (Phi) is 3.88. The summed E-state index contributed by atoms with van der Waals surface area (Å²) >= 11 is 0. The fourth-order valence-corrected chi connectivity index (χ4v) is 2.59. The largest absolute Gasteiger partial charge is 0.369 e. The van der Waals surface area contributed by atoms with Crippen LogP contribution in [0.25, 0.3) is 0 Å². The zero-order valence-corrected chi connectivity index (χ0v) is 11.5. The van der Waals surface area contributed by atoms with E-state index in [1.807, 2.05) is 6.92 Å². The van der Waals surface area contributed by atoms with Gasteiger partial charge in [0.25, 0.3) is 0 Å². The van der Waals surface area contributed by atoms with Gasteiger partial charge in [-0.2, -0.15) is 5.26 Å². The highest BCUT2D eigenvalue weighted by Crippen LogP contribution is 2.22. The molecule has 0 spiro atoms. The Balaban J connectivity index is 2.04. The molecule has 0 bridgehead atoms. The number of aryl methyl sites for hydroxylation is 2. The summed E-state index contributed by atoms with van der Waals surface area (Å²) in [5.41, 5.74) is 4.00. The molecule has 18 heavy (non-hydrogen) atoms. The van der Waals surface area contributed by atoms with Gasteiger partial charge in [0.2, 0.25) is 0 Å². The standard InChI is InChI=1S/C15H21N3/c1-12-4-5-15(13(2)10-12)18-8-6-17(7-9-18)14(3)11-16/h4-5,10,14H,6-9H2,1-3H3. The zero-order chi connectivity index (χ0) is 13.1. The molecule has 96 valence electrons. The van der Waals surface area contributed by atoms with Crippen molar-refractivity contribution in [1.82, 2.24) is 4.90 Å². The smallest absolute Gasteiger partial charge is 0.0950 e. The Labute approximate surface area is 110 Å². The van der Waals surface area contributed by atoms with Crippen LogP contribution in [0.3, 0.4) is 0 Å². The van der Waals surface area contributed by atoms with E-state index in [9.17, 15) is 0 Å². The van der Waals surface area contributed by atoms with Gasteiger partial charge in [-0.3, -0.25) is 4.90 Å². The summed E-state index contributed by atoms with van der Waals surface area (Å²) in [5, 5.41) is 8.94. The number of benzene rings is 1. The molecule has 3 heteroatoms. The average Bonchev–Trinajstić information content (AvgIpc) is 2.38. The van der Waals surface area contributed by atoms with E-state index >= 15 is 0 Å². The van der Waals surface area contributed by atoms with E-state index in [4.69, 9.17) is 5.26 Å². The van der Waals surface area contributed by atoms with E-state index in [-0.39, 0.29) is 6.04 Å². The van der Waals surface area contributed by atoms with Gasteiger partial charge in [-0.25, -0.2) is 0 Å². The van der Waals surface area contributed by atoms with Crippen molar-refractivity contribution in [2.24, 2.45) is 0 Å². The Bertz CT molecular complexity index is 453. The molecule has 1 aliphatic rings. The van der Waals surface area contributed by atoms with E-state index in [2.05, 4.69) is 47.9 Å². The van der Waals surface area contributed by atoms with E-state index in [0.717, 1.165) is 26.2 Å². The van der Waals surface area contributed by atoms with Crippen molar-refractivity contribution in [3.63, 3.8) is 0 Å². The normalized spacial score (nSPS) is 18.4. The van der Waals surface area contributed by atoms with Crippen LogP contribution in [0.1, 0.15) is 18.1 Å². The van der Waals surface area contributed by atoms with Crippen molar-refractivity contribution in [3.05, 3.63) is 29.3 Å². The van der Waals surface area contributed by atoms with Gasteiger partial charge in [0, 0.05) is 31.9 Å². The summed E-state index contributed by atoms with van der Waals surface area (Å²) in [5.74, 6) is 0. The van der Waals surface area contributed by atoms with Gasteiger partial charge < -0.3 is 4.90 Å². The quantitative estimate of drug-likeness (QED) is 0.798. The number of anilines is 1. The molecule has 0 N–H and O–H groups in total. The van der Waals surface area contributed by atoms with Crippen molar-refractivity contribution in [2.45, 2.75) is 26.8 Å². The lowest BCUT2D eigenvalue weighted by Gasteiger charge is -2.37. The summed E-state index contributed by atoms with van der Waals surface area (Å²) in [6.07, 6.45) is 0. The van der Waals surface area contributed by atoms with Crippen LogP contribution in [0.2, 0.25) is 0 Å². The molecule has 1 aromatic carbocycles. The van der Waals surface area contributed by atoms with Gasteiger partial charge in [0.15, 0.2) is 0 Å². The summed E-state index contributed by atoms with van der Waals surface area (Å²) in [4.78, 5) is 4.68. The van der Waals surface area contributed by atoms with Crippen molar-refractivity contribution >= 4 is 5.69 Å². The first kappa shape index (κ1) is 12.9. The van der Waals surface area contributed by atoms with Gasteiger partial charge in [-0.15, -0.1) is 0 Å². The van der Waals surface area contributed by atoms with Crippen molar-refractivity contribution < 1.29 is 0 Å². The minimum atomic E-state index is 0.0336. The molecule has 1 fully saturated rings. The van der Waals surface area contributed by atoms with Gasteiger partial charge in [-0.1, -0.05) is 17.7 Å². The third kappa shape index (κ3) is 2.65. The maximum Gasteiger partial charge on any atom is 0.0950 e. The molecule has 3 nitrogen and oxygen atoms in total. The lowest BCUT2D eigenvalue weighted by atomic mass is 10.1. The van der Waals surface area contributed by atoms with Crippen molar-refractivity contribution in [2.75, 3.05) is 31.1 Å². The number of nitriles is 1. The van der Waals surface area contributed by atoms with Gasteiger partial charge in [0.05, 0.1) is 12.1 Å². The first-order chi connectivity index (χ1) is 8.61. The fourth-order valence-electron chi connectivity index (χ4n) is 2.59. The SMILES string of the molecule is Cc1ccc(N2CCN(C(C)C#N)CC2)c(C)c1. The molecule has 0 saturated carbocycles. The van der Waals surface area contributed by atoms with Crippen molar-refractivity contribution in [1.29, 1.82) is 5.26 Å². The third-order valence-corrected chi connectivity index (χ3v) is 3.74. The van der Waals surface area contributed by atoms with E-state index in [0.29, 0.717) is 0 Å². The summed E-state index contributed by atoms with van der Waals surface area (Å²) < 4.78 is 0. The van der Waals surface area contributed by atoms with Crippen molar-refractivity contribution in [3.8, 4) is 6.07 Å². The average molecular weight is 243 g/mol. The maximum atomic E-state index is 8.94. The number of rotatable bonds is 2. The second-order valence-corrected chi connectivity index (χ2v) is 5.12. The van der Waals surface area contributed by atoms with Gasteiger partial charge in [-0.05, 0) is 32.4 Å². The Hall–Kier alpha value is -1.53.